The number of nitrogens with two attached hydrogens (primary N) is 2. The van der Waals surface area contributed by atoms with Crippen molar-refractivity contribution in [3.05, 3.63) is 106 Å². The summed E-state index contributed by atoms with van der Waals surface area (Å²) in [4.78, 5) is 23.2. The third-order valence-corrected chi connectivity index (χ3v) is 5.90. The number of hydrogen-bond acceptors (Lipinski definition) is 6. The highest BCUT2D eigenvalue weighted by Crippen LogP contribution is 2.45. The van der Waals surface area contributed by atoms with Gasteiger partial charge in [-0.25, -0.2) is 4.98 Å². The summed E-state index contributed by atoms with van der Waals surface area (Å²) >= 11 is 1.43. The Morgan fingerprint density at radius 3 is 2.06 bits per heavy atom. The standard InChI is InChI=1S/C25H22N4O2S/c1-17-23(29-24(27)32-17)20-14-8-9-15-21(20)25(31-28-16-22(26)30,18-10-4-2-5-11-18)19-12-6-3-7-13-19/h2-16H,1H3,(H2,26,30)(H2,27,29)/b28-16-. The largest absolute Gasteiger partial charge is 0.375 e. The fraction of sp³-hybridized carbons (Fsp3) is 0.0800. The Labute approximate surface area is 190 Å². The minimum Gasteiger partial charge on any atom is -0.375 e. The Morgan fingerprint density at radius 2 is 1.53 bits per heavy atom. The summed E-state index contributed by atoms with van der Waals surface area (Å²) in [5.41, 5.74) is 14.3. The van der Waals surface area contributed by atoms with Gasteiger partial charge in [-0.15, -0.1) is 11.3 Å². The van der Waals surface area contributed by atoms with Gasteiger partial charge in [0.15, 0.2) is 5.13 Å². The van der Waals surface area contributed by atoms with Crippen LogP contribution in [-0.2, 0) is 15.2 Å². The average molecular weight is 443 g/mol. The number of hydrogen-bond donors (Lipinski definition) is 2. The predicted molar refractivity (Wildman–Crippen MR) is 128 cm³/mol. The molecular formula is C25H22N4O2S. The molecule has 0 atom stereocenters. The van der Waals surface area contributed by atoms with Gasteiger partial charge in [-0.2, -0.15) is 0 Å². The van der Waals surface area contributed by atoms with Crippen LogP contribution in [0.1, 0.15) is 21.6 Å². The van der Waals surface area contributed by atoms with Gasteiger partial charge in [0.05, 0.1) is 5.69 Å². The fourth-order valence-corrected chi connectivity index (χ4v) is 4.50. The summed E-state index contributed by atoms with van der Waals surface area (Å²) in [6.45, 7) is 1.99. The molecule has 32 heavy (non-hydrogen) atoms. The van der Waals surface area contributed by atoms with Gasteiger partial charge >= 0.3 is 0 Å². The van der Waals surface area contributed by atoms with Gasteiger partial charge in [0.2, 0.25) is 5.60 Å². The third-order valence-electron chi connectivity index (χ3n) is 5.10. The van der Waals surface area contributed by atoms with Crippen LogP contribution in [-0.4, -0.2) is 17.1 Å². The minimum atomic E-state index is -1.17. The molecule has 4 rings (SSSR count). The lowest BCUT2D eigenvalue weighted by Gasteiger charge is -2.34. The van der Waals surface area contributed by atoms with Gasteiger partial charge in [0.25, 0.3) is 5.91 Å². The molecule has 0 fully saturated rings. The van der Waals surface area contributed by atoms with E-state index in [0.717, 1.165) is 39.0 Å². The molecule has 1 aromatic heterocycles. The van der Waals surface area contributed by atoms with Crippen LogP contribution >= 0.6 is 11.3 Å². The predicted octanol–water partition coefficient (Wildman–Crippen LogP) is 4.48. The van der Waals surface area contributed by atoms with E-state index in [1.807, 2.05) is 91.9 Å². The molecule has 6 nitrogen and oxygen atoms in total. The zero-order valence-corrected chi connectivity index (χ0v) is 18.3. The van der Waals surface area contributed by atoms with E-state index in [0.29, 0.717) is 5.13 Å². The van der Waals surface area contributed by atoms with Crippen molar-refractivity contribution >= 4 is 28.6 Å². The molecule has 1 heterocycles. The van der Waals surface area contributed by atoms with E-state index < -0.39 is 11.5 Å². The molecular weight excluding hydrogens is 420 g/mol. The van der Waals surface area contributed by atoms with E-state index in [1.54, 1.807) is 0 Å². The maximum atomic E-state index is 11.4. The molecule has 0 aliphatic carbocycles. The molecule has 160 valence electrons. The van der Waals surface area contributed by atoms with E-state index in [-0.39, 0.29) is 0 Å². The second-order valence-electron chi connectivity index (χ2n) is 7.14. The van der Waals surface area contributed by atoms with Crippen molar-refractivity contribution in [2.45, 2.75) is 12.5 Å². The number of aromatic nitrogens is 1. The SMILES string of the molecule is Cc1sc(N)nc1-c1ccccc1C(O/N=C\C(N)=O)(c1ccccc1)c1ccccc1. The van der Waals surface area contributed by atoms with Crippen LogP contribution in [0.25, 0.3) is 11.3 Å². The highest BCUT2D eigenvalue weighted by Gasteiger charge is 2.42. The summed E-state index contributed by atoms with van der Waals surface area (Å²) in [7, 11) is 0. The topological polar surface area (TPSA) is 104 Å². The summed E-state index contributed by atoms with van der Waals surface area (Å²) < 4.78 is 0. The molecule has 7 heteroatoms. The average Bonchev–Trinajstić information content (AvgIpc) is 3.15. The van der Waals surface area contributed by atoms with Crippen molar-refractivity contribution in [3.63, 3.8) is 0 Å². The Morgan fingerprint density at radius 1 is 0.969 bits per heavy atom. The summed E-state index contributed by atoms with van der Waals surface area (Å²) in [5, 5.41) is 4.48. The van der Waals surface area contributed by atoms with E-state index >= 15 is 0 Å². The van der Waals surface area contributed by atoms with E-state index in [4.69, 9.17) is 16.3 Å². The van der Waals surface area contributed by atoms with E-state index in [1.165, 1.54) is 11.3 Å². The van der Waals surface area contributed by atoms with Gasteiger partial charge in [-0.05, 0) is 6.92 Å². The Hall–Kier alpha value is -3.97. The molecule has 0 aliphatic heterocycles. The maximum absolute atomic E-state index is 11.4. The zero-order valence-electron chi connectivity index (χ0n) is 17.4. The Balaban J connectivity index is 2.07. The number of carbonyl (C=O) groups excluding carboxylic acids is 1. The zero-order chi connectivity index (χ0) is 22.6. The molecule has 0 saturated carbocycles. The van der Waals surface area contributed by atoms with Crippen LogP contribution in [0.3, 0.4) is 0 Å². The maximum Gasteiger partial charge on any atom is 0.263 e. The summed E-state index contributed by atoms with van der Waals surface area (Å²) in [5.74, 6) is -0.698. The molecule has 0 saturated heterocycles. The van der Waals surface area contributed by atoms with Crippen molar-refractivity contribution in [2.24, 2.45) is 10.9 Å². The van der Waals surface area contributed by atoms with Gasteiger partial charge < -0.3 is 16.3 Å². The number of nitrogens with zero attached hydrogens (tertiary/aromatic N) is 2. The normalized spacial score (nSPS) is 11.5. The first-order valence-corrected chi connectivity index (χ1v) is 10.8. The number of rotatable bonds is 7. The number of anilines is 1. The van der Waals surface area contributed by atoms with Crippen molar-refractivity contribution in [1.82, 2.24) is 4.98 Å². The van der Waals surface area contributed by atoms with Gasteiger partial charge in [0.1, 0.15) is 6.21 Å². The van der Waals surface area contributed by atoms with Crippen LogP contribution in [0.4, 0.5) is 5.13 Å². The molecule has 1 amide bonds. The fourth-order valence-electron chi connectivity index (χ4n) is 3.80. The van der Waals surface area contributed by atoms with Crippen molar-refractivity contribution < 1.29 is 9.63 Å². The van der Waals surface area contributed by atoms with E-state index in [2.05, 4.69) is 10.1 Å². The number of carbonyl (C=O) groups is 1. The van der Waals surface area contributed by atoms with Crippen molar-refractivity contribution in [1.29, 1.82) is 0 Å². The first-order valence-electron chi connectivity index (χ1n) is 9.97. The third kappa shape index (κ3) is 3.98. The van der Waals surface area contributed by atoms with Crippen molar-refractivity contribution in [2.75, 3.05) is 5.73 Å². The minimum absolute atomic E-state index is 0.491. The number of aryl methyl sites for hydroxylation is 1. The molecule has 0 spiro atoms. The van der Waals surface area contributed by atoms with Crippen LogP contribution in [0.5, 0.6) is 0 Å². The Bertz CT molecular complexity index is 1210. The van der Waals surface area contributed by atoms with Crippen molar-refractivity contribution in [3.8, 4) is 11.3 Å². The Kier molecular flexibility index (Phi) is 6.00. The molecule has 4 N–H and O–H groups in total. The number of primary amides is 1. The molecule has 0 bridgehead atoms. The lowest BCUT2D eigenvalue weighted by atomic mass is 9.77. The monoisotopic (exact) mass is 442 g/mol. The number of nitrogen functional groups attached to an aromatic ring is 1. The van der Waals surface area contributed by atoms with Crippen LogP contribution in [0, 0.1) is 6.92 Å². The molecule has 4 aromatic rings. The lowest BCUT2D eigenvalue weighted by Crippen LogP contribution is -2.32. The van der Waals surface area contributed by atoms with Gasteiger partial charge in [-0.1, -0.05) is 90.1 Å². The first kappa shape index (κ1) is 21.3. The quantitative estimate of drug-likeness (QED) is 0.250. The lowest BCUT2D eigenvalue weighted by molar-refractivity contribution is -0.111. The van der Waals surface area contributed by atoms with E-state index in [9.17, 15) is 4.79 Å². The number of thiazole rings is 1. The smallest absolute Gasteiger partial charge is 0.263 e. The second-order valence-corrected chi connectivity index (χ2v) is 8.38. The molecule has 0 radical (unpaired) electrons. The molecule has 3 aromatic carbocycles. The highest BCUT2D eigenvalue weighted by atomic mass is 32.1. The van der Waals surface area contributed by atoms with Crippen LogP contribution in [0.15, 0.2) is 90.1 Å². The first-order chi connectivity index (χ1) is 15.5. The van der Waals surface area contributed by atoms with Crippen LogP contribution in [0.2, 0.25) is 0 Å². The summed E-state index contributed by atoms with van der Waals surface area (Å²) in [6.07, 6.45) is 0.968. The molecule has 0 unspecified atom stereocenters. The second kappa shape index (κ2) is 9.03. The number of oxime groups is 1. The van der Waals surface area contributed by atoms with Crippen LogP contribution < -0.4 is 11.5 Å². The van der Waals surface area contributed by atoms with Gasteiger partial charge in [-0.3, -0.25) is 4.79 Å². The summed E-state index contributed by atoms with van der Waals surface area (Å²) in [6, 6.07) is 27.3. The van der Waals surface area contributed by atoms with Gasteiger partial charge in [0, 0.05) is 27.1 Å². The highest BCUT2D eigenvalue weighted by molar-refractivity contribution is 7.15. The number of benzene rings is 3. The number of amides is 1. The molecule has 0 aliphatic rings.